The lowest BCUT2D eigenvalue weighted by Gasteiger charge is -2.02. The van der Waals surface area contributed by atoms with Crippen molar-refractivity contribution in [3.8, 4) is 0 Å². The van der Waals surface area contributed by atoms with Gasteiger partial charge in [0.25, 0.3) is 0 Å². The molecule has 0 radical (unpaired) electrons. The average molecular weight is 880 g/mol. The first-order chi connectivity index (χ1) is 20.9. The van der Waals surface area contributed by atoms with Crippen molar-refractivity contribution in [2.45, 2.75) is 94.4 Å². The highest BCUT2D eigenvalue weighted by molar-refractivity contribution is 5.86. The van der Waals surface area contributed by atoms with Gasteiger partial charge in [-0.05, 0) is 96.9 Å². The van der Waals surface area contributed by atoms with Gasteiger partial charge >= 0.3 is 29.8 Å². The lowest BCUT2D eigenvalue weighted by Crippen LogP contribution is -2.30. The van der Waals surface area contributed by atoms with Crippen LogP contribution in [0.25, 0.3) is 0 Å². The maximum Gasteiger partial charge on any atom is 0.320 e. The summed E-state index contributed by atoms with van der Waals surface area (Å²) in [5.74, 6) is -4.78. The Kier molecular flexibility index (Phi) is 89.5. The summed E-state index contributed by atoms with van der Waals surface area (Å²) in [6, 6.07) is -3.71. The Hall–Kier alpha value is -1.31. The molecule has 0 amide bonds. The second kappa shape index (κ2) is 58.0. The van der Waals surface area contributed by atoms with Gasteiger partial charge in [-0.1, -0.05) is 0 Å². The number of carbonyl (C=O) groups is 5. The van der Waals surface area contributed by atoms with Crippen LogP contribution in [0.5, 0.6) is 0 Å². The third-order valence-corrected chi connectivity index (χ3v) is 5.18. The Morgan fingerprint density at radius 1 is 0.314 bits per heavy atom. The van der Waals surface area contributed by atoms with E-state index in [0.717, 1.165) is 0 Å². The van der Waals surface area contributed by atoms with Crippen LogP contribution < -0.4 is 57.3 Å². The van der Waals surface area contributed by atoms with Gasteiger partial charge in [0, 0.05) is 0 Å². The Morgan fingerprint density at radius 3 is 0.471 bits per heavy atom. The van der Waals surface area contributed by atoms with Crippen molar-refractivity contribution < 1.29 is 49.5 Å². The summed E-state index contributed by atoms with van der Waals surface area (Å²) < 4.78 is 0. The smallest absolute Gasteiger partial charge is 0.320 e. The zero-order valence-electron chi connectivity index (χ0n) is 28.5. The van der Waals surface area contributed by atoms with Crippen molar-refractivity contribution in [1.29, 1.82) is 0 Å². The molecule has 26 heteroatoms. The summed E-state index contributed by atoms with van der Waals surface area (Å²) in [5.41, 5.74) is 51.4. The number of aliphatic carboxylic acids is 5. The third kappa shape index (κ3) is 70.9. The monoisotopic (exact) mass is 876 g/mol. The minimum atomic E-state index is -0.955. The van der Waals surface area contributed by atoms with Gasteiger partial charge in [-0.2, -0.15) is 0 Å². The van der Waals surface area contributed by atoms with E-state index in [1.54, 1.807) is 0 Å². The molecular weight excluding hydrogens is 813 g/mol. The van der Waals surface area contributed by atoms with Crippen LogP contribution in [-0.2, 0) is 24.0 Å². The molecule has 25 N–H and O–H groups in total. The second-order valence-corrected chi connectivity index (χ2v) is 9.38. The van der Waals surface area contributed by atoms with Gasteiger partial charge in [0.1, 0.15) is 30.2 Å². The van der Waals surface area contributed by atoms with Gasteiger partial charge in [0.15, 0.2) is 0 Å². The molecular formula is C25H66Cl6N10O10. The minimum absolute atomic E-state index is 0. The Bertz CT molecular complexity index is 641. The van der Waals surface area contributed by atoms with E-state index in [2.05, 4.69) is 0 Å². The van der Waals surface area contributed by atoms with E-state index in [1.807, 2.05) is 0 Å². The molecule has 0 aromatic carbocycles. The van der Waals surface area contributed by atoms with Crippen molar-refractivity contribution >= 4 is 104 Å². The van der Waals surface area contributed by atoms with Crippen LogP contribution in [0.2, 0.25) is 0 Å². The summed E-state index contributed by atoms with van der Waals surface area (Å²) in [6.45, 7) is 2.50. The fourth-order valence-corrected chi connectivity index (χ4v) is 2.31. The van der Waals surface area contributed by atoms with Crippen LogP contribution in [-0.4, -0.2) is 118 Å². The summed E-state index contributed by atoms with van der Waals surface area (Å²) in [4.78, 5) is 50.2. The Balaban J connectivity index is -0.0000000423. The lowest BCUT2D eigenvalue weighted by molar-refractivity contribution is -0.139. The number of rotatable bonds is 20. The van der Waals surface area contributed by atoms with E-state index in [4.69, 9.17) is 82.9 Å². The molecule has 0 spiro atoms. The fourth-order valence-electron chi connectivity index (χ4n) is 2.31. The third-order valence-electron chi connectivity index (χ3n) is 5.18. The van der Waals surface area contributed by atoms with Crippen LogP contribution in [0, 0.1) is 0 Å². The van der Waals surface area contributed by atoms with Gasteiger partial charge in [0.2, 0.25) is 0 Å². The van der Waals surface area contributed by atoms with Crippen LogP contribution >= 0.6 is 74.4 Å². The molecule has 0 aromatic rings. The predicted molar refractivity (Wildman–Crippen MR) is 213 cm³/mol. The first-order valence-electron chi connectivity index (χ1n) is 14.3. The highest BCUT2D eigenvalue weighted by Gasteiger charge is 2.11. The molecule has 5 atom stereocenters. The standard InChI is InChI=1S/5C5H12N2O2.6ClH/c5*6-3-1-2-4(7)5(8)9;;;;;;/h5*4H,1-3,6-7H2,(H,8,9);6*1H/t5*4-;;;;;;/m11000....../s1. The van der Waals surface area contributed by atoms with Gasteiger partial charge in [0.05, 0.1) is 0 Å². The van der Waals surface area contributed by atoms with E-state index in [0.29, 0.717) is 96.9 Å². The summed E-state index contributed by atoms with van der Waals surface area (Å²) in [6.07, 6.45) is 5.69. The van der Waals surface area contributed by atoms with E-state index in [1.165, 1.54) is 0 Å². The van der Waals surface area contributed by atoms with Crippen LogP contribution in [0.3, 0.4) is 0 Å². The molecule has 0 rings (SSSR count). The Labute approximate surface area is 337 Å². The molecule has 0 aromatic heterocycles. The van der Waals surface area contributed by atoms with Crippen molar-refractivity contribution in [2.75, 3.05) is 32.7 Å². The van der Waals surface area contributed by atoms with Gasteiger partial charge in [-0.25, -0.2) is 0 Å². The predicted octanol–water partition coefficient (Wildman–Crippen LogP) is -1.78. The maximum absolute atomic E-state index is 10.0. The molecule has 0 aliphatic carbocycles. The molecule has 51 heavy (non-hydrogen) atoms. The summed E-state index contributed by atoms with van der Waals surface area (Å²) in [5, 5.41) is 41.2. The van der Waals surface area contributed by atoms with E-state index in [-0.39, 0.29) is 74.4 Å². The summed E-state index contributed by atoms with van der Waals surface area (Å²) >= 11 is 0. The van der Waals surface area contributed by atoms with Gasteiger partial charge in [-0.15, -0.1) is 74.4 Å². The van der Waals surface area contributed by atoms with Crippen molar-refractivity contribution in [1.82, 2.24) is 0 Å². The molecule has 0 unspecified atom stereocenters. The molecule has 20 nitrogen and oxygen atoms in total. The van der Waals surface area contributed by atoms with E-state index < -0.39 is 60.1 Å². The number of halogens is 6. The maximum atomic E-state index is 10.0. The number of carboxylic acids is 5. The van der Waals surface area contributed by atoms with Crippen molar-refractivity contribution in [3.63, 3.8) is 0 Å². The highest BCUT2D eigenvalue weighted by Crippen LogP contribution is 1.93. The first kappa shape index (κ1) is 78.7. The van der Waals surface area contributed by atoms with Crippen LogP contribution in [0.15, 0.2) is 0 Å². The zero-order chi connectivity index (χ0) is 36.4. The largest absolute Gasteiger partial charge is 0.480 e. The molecule has 0 aliphatic heterocycles. The molecule has 0 fully saturated rings. The van der Waals surface area contributed by atoms with Gasteiger partial charge in [-0.3, -0.25) is 24.0 Å². The Morgan fingerprint density at radius 2 is 0.412 bits per heavy atom. The molecule has 0 aliphatic rings. The number of carboxylic acid groups (broad SMARTS) is 5. The highest BCUT2D eigenvalue weighted by atomic mass is 35.5. The van der Waals surface area contributed by atoms with Crippen molar-refractivity contribution in [2.24, 2.45) is 57.3 Å². The molecule has 0 saturated heterocycles. The molecule has 0 bridgehead atoms. The summed E-state index contributed by atoms with van der Waals surface area (Å²) in [7, 11) is 0. The number of nitrogens with two attached hydrogens (primary N) is 10. The topological polar surface area (TPSA) is 447 Å². The molecule has 0 saturated carbocycles. The molecule has 0 heterocycles. The second-order valence-electron chi connectivity index (χ2n) is 9.38. The lowest BCUT2D eigenvalue weighted by atomic mass is 10.2. The fraction of sp³-hybridized carbons (Fsp3) is 0.800. The number of hydrogen-bond acceptors (Lipinski definition) is 15. The average Bonchev–Trinajstić information content (AvgIpc) is 2.99. The van der Waals surface area contributed by atoms with E-state index >= 15 is 0 Å². The number of hydrogen-bond donors (Lipinski definition) is 15. The van der Waals surface area contributed by atoms with Gasteiger partial charge < -0.3 is 82.9 Å². The first-order valence-corrected chi connectivity index (χ1v) is 14.3. The SMILES string of the molecule is Cl.Cl.Cl.Cl.Cl.Cl.NCCC[C@@H](N)C(=O)O.NCCC[C@@H](N)C(=O)O.NCCC[C@H](N)C(=O)O.NCCC[C@H](N)C(=O)O.NCCC[C@H](N)C(=O)O. The molecule has 318 valence electrons. The normalized spacial score (nSPS) is 11.6. The van der Waals surface area contributed by atoms with Crippen LogP contribution in [0.1, 0.15) is 64.2 Å². The van der Waals surface area contributed by atoms with E-state index in [9.17, 15) is 24.0 Å². The quantitative estimate of drug-likeness (QED) is 0.0642. The van der Waals surface area contributed by atoms with Crippen LogP contribution in [0.4, 0.5) is 0 Å². The van der Waals surface area contributed by atoms with Crippen molar-refractivity contribution in [3.05, 3.63) is 0 Å². The zero-order valence-corrected chi connectivity index (χ0v) is 33.4. The minimum Gasteiger partial charge on any atom is -0.480 e.